The van der Waals surface area contributed by atoms with Gasteiger partial charge in [0.1, 0.15) is 5.82 Å². The summed E-state index contributed by atoms with van der Waals surface area (Å²) in [6.45, 7) is 0. The van der Waals surface area contributed by atoms with Gasteiger partial charge in [-0.2, -0.15) is 0 Å². The average Bonchev–Trinajstić information content (AvgIpc) is 2.96. The molecule has 1 aliphatic rings. The van der Waals surface area contributed by atoms with E-state index in [0.29, 0.717) is 10.8 Å². The summed E-state index contributed by atoms with van der Waals surface area (Å²) < 4.78 is 25.6. The standard InChI is InChI=1S/C17H24N4O2S.ClH/c1-20(14-10-7-11-15(12-14)24(3,22)23)17-19-18-16(21(17)2)13-8-5-4-6-9-13;/h7,10-13H,4-6,8-9H2,1-3H3;1H. The SMILES string of the molecule is CN(c1cccc(S(C)(=O)=O)c1)c1nnc(C2CCCCC2)n1C.Cl. The first-order chi connectivity index (χ1) is 11.4. The number of anilines is 2. The summed E-state index contributed by atoms with van der Waals surface area (Å²) in [7, 11) is 0.635. The summed E-state index contributed by atoms with van der Waals surface area (Å²) in [6, 6.07) is 6.91. The molecule has 0 aliphatic heterocycles. The first kappa shape index (κ1) is 19.7. The molecule has 138 valence electrons. The van der Waals surface area contributed by atoms with Crippen LogP contribution in [-0.2, 0) is 16.9 Å². The fourth-order valence-electron chi connectivity index (χ4n) is 3.38. The topological polar surface area (TPSA) is 68.1 Å². The maximum absolute atomic E-state index is 11.8. The number of hydrogen-bond donors (Lipinski definition) is 0. The number of halogens is 1. The van der Waals surface area contributed by atoms with Gasteiger partial charge < -0.3 is 4.90 Å². The quantitative estimate of drug-likeness (QED) is 0.807. The van der Waals surface area contributed by atoms with Crippen molar-refractivity contribution in [2.45, 2.75) is 42.9 Å². The lowest BCUT2D eigenvalue weighted by Crippen LogP contribution is -2.17. The summed E-state index contributed by atoms with van der Waals surface area (Å²) in [4.78, 5) is 2.19. The Morgan fingerprint density at radius 2 is 1.84 bits per heavy atom. The summed E-state index contributed by atoms with van der Waals surface area (Å²) >= 11 is 0. The average molecular weight is 385 g/mol. The molecule has 1 aliphatic carbocycles. The Balaban J connectivity index is 0.00000225. The van der Waals surface area contributed by atoms with Gasteiger partial charge in [0.15, 0.2) is 9.84 Å². The van der Waals surface area contributed by atoms with Crippen LogP contribution in [-0.4, -0.2) is 36.5 Å². The van der Waals surface area contributed by atoms with Gasteiger partial charge in [-0.15, -0.1) is 22.6 Å². The number of nitrogens with zero attached hydrogens (tertiary/aromatic N) is 4. The second kappa shape index (κ2) is 7.74. The number of hydrogen-bond acceptors (Lipinski definition) is 5. The molecule has 1 fully saturated rings. The molecule has 0 unspecified atom stereocenters. The third-order valence-corrected chi connectivity index (χ3v) is 5.90. The number of rotatable bonds is 4. The second-order valence-electron chi connectivity index (χ2n) is 6.58. The zero-order valence-corrected chi connectivity index (χ0v) is 16.5. The molecule has 1 aromatic heterocycles. The largest absolute Gasteiger partial charge is 0.314 e. The molecule has 0 saturated heterocycles. The molecule has 0 atom stereocenters. The number of sulfone groups is 1. The lowest BCUT2D eigenvalue weighted by Gasteiger charge is -2.22. The molecule has 2 aromatic rings. The molecular weight excluding hydrogens is 360 g/mol. The van der Waals surface area contributed by atoms with Gasteiger partial charge in [0.25, 0.3) is 0 Å². The van der Waals surface area contributed by atoms with Crippen LogP contribution in [0.2, 0.25) is 0 Å². The minimum Gasteiger partial charge on any atom is -0.314 e. The molecule has 0 N–H and O–H groups in total. The predicted molar refractivity (Wildman–Crippen MR) is 102 cm³/mol. The van der Waals surface area contributed by atoms with Crippen molar-refractivity contribution in [1.29, 1.82) is 0 Å². The molecule has 6 nitrogen and oxygen atoms in total. The van der Waals surface area contributed by atoms with Crippen molar-refractivity contribution >= 4 is 33.9 Å². The van der Waals surface area contributed by atoms with Gasteiger partial charge in [-0.25, -0.2) is 8.42 Å². The Bertz CT molecular complexity index is 829. The smallest absolute Gasteiger partial charge is 0.231 e. The molecule has 1 heterocycles. The molecule has 0 radical (unpaired) electrons. The van der Waals surface area contributed by atoms with Crippen LogP contribution in [0.1, 0.15) is 43.8 Å². The molecule has 1 saturated carbocycles. The third-order valence-electron chi connectivity index (χ3n) is 4.79. The Kier molecular flexibility index (Phi) is 6.11. The predicted octanol–water partition coefficient (Wildman–Crippen LogP) is 3.46. The Labute approximate surface area is 155 Å². The van der Waals surface area contributed by atoms with Gasteiger partial charge in [-0.05, 0) is 31.0 Å². The molecule has 0 spiro atoms. The van der Waals surface area contributed by atoms with Crippen LogP contribution >= 0.6 is 12.4 Å². The first-order valence-corrected chi connectivity index (χ1v) is 10.2. The van der Waals surface area contributed by atoms with E-state index in [0.717, 1.165) is 17.5 Å². The molecule has 0 amide bonds. The summed E-state index contributed by atoms with van der Waals surface area (Å²) in [5, 5.41) is 8.76. The normalized spacial score (nSPS) is 15.6. The highest BCUT2D eigenvalue weighted by atomic mass is 35.5. The second-order valence-corrected chi connectivity index (χ2v) is 8.60. The molecule has 0 bridgehead atoms. The summed E-state index contributed by atoms with van der Waals surface area (Å²) in [5.74, 6) is 2.22. The highest BCUT2D eigenvalue weighted by Crippen LogP contribution is 2.33. The maximum Gasteiger partial charge on any atom is 0.231 e. The van der Waals surface area contributed by atoms with E-state index in [1.165, 1.54) is 38.4 Å². The summed E-state index contributed by atoms with van der Waals surface area (Å²) in [5.41, 5.74) is 0.781. The maximum atomic E-state index is 11.8. The van der Waals surface area contributed by atoms with E-state index >= 15 is 0 Å². The van der Waals surface area contributed by atoms with Gasteiger partial charge in [-0.1, -0.05) is 25.3 Å². The lowest BCUT2D eigenvalue weighted by atomic mass is 9.89. The van der Waals surface area contributed by atoms with Crippen LogP contribution in [0.5, 0.6) is 0 Å². The van der Waals surface area contributed by atoms with E-state index in [1.807, 2.05) is 29.6 Å². The van der Waals surface area contributed by atoms with E-state index in [1.54, 1.807) is 18.2 Å². The van der Waals surface area contributed by atoms with Crippen LogP contribution < -0.4 is 4.90 Å². The molecule has 8 heteroatoms. The van der Waals surface area contributed by atoms with Crippen molar-refractivity contribution in [3.63, 3.8) is 0 Å². The lowest BCUT2D eigenvalue weighted by molar-refractivity contribution is 0.420. The first-order valence-electron chi connectivity index (χ1n) is 8.31. The third kappa shape index (κ3) is 4.15. The molecular formula is C17H25ClN4O2S. The van der Waals surface area contributed by atoms with E-state index in [-0.39, 0.29) is 12.4 Å². The summed E-state index contributed by atoms with van der Waals surface area (Å²) in [6.07, 6.45) is 7.35. The molecule has 3 rings (SSSR count). The number of aromatic nitrogens is 3. The van der Waals surface area contributed by atoms with E-state index < -0.39 is 9.84 Å². The van der Waals surface area contributed by atoms with E-state index in [4.69, 9.17) is 0 Å². The van der Waals surface area contributed by atoms with Gasteiger partial charge in [0.2, 0.25) is 5.95 Å². The van der Waals surface area contributed by atoms with Crippen LogP contribution in [0, 0.1) is 0 Å². The Morgan fingerprint density at radius 3 is 2.48 bits per heavy atom. The van der Waals surface area contributed by atoms with Gasteiger partial charge in [0, 0.05) is 32.0 Å². The van der Waals surface area contributed by atoms with E-state index in [2.05, 4.69) is 10.2 Å². The van der Waals surface area contributed by atoms with Crippen molar-refractivity contribution in [2.75, 3.05) is 18.2 Å². The zero-order chi connectivity index (χ0) is 17.3. The Morgan fingerprint density at radius 1 is 1.16 bits per heavy atom. The molecule has 25 heavy (non-hydrogen) atoms. The van der Waals surface area contributed by atoms with Crippen molar-refractivity contribution < 1.29 is 8.42 Å². The van der Waals surface area contributed by atoms with Crippen LogP contribution in [0.3, 0.4) is 0 Å². The minimum absolute atomic E-state index is 0. The van der Waals surface area contributed by atoms with Crippen LogP contribution in [0.15, 0.2) is 29.2 Å². The van der Waals surface area contributed by atoms with E-state index in [9.17, 15) is 8.42 Å². The van der Waals surface area contributed by atoms with Gasteiger partial charge in [-0.3, -0.25) is 4.57 Å². The van der Waals surface area contributed by atoms with Crippen molar-refractivity contribution in [3.05, 3.63) is 30.1 Å². The Hall–Kier alpha value is -1.60. The minimum atomic E-state index is -3.23. The molecule has 1 aromatic carbocycles. The fraction of sp³-hybridized carbons (Fsp3) is 0.529. The van der Waals surface area contributed by atoms with Crippen molar-refractivity contribution in [3.8, 4) is 0 Å². The van der Waals surface area contributed by atoms with Crippen molar-refractivity contribution in [1.82, 2.24) is 14.8 Å². The van der Waals surface area contributed by atoms with Gasteiger partial charge >= 0.3 is 0 Å². The number of benzene rings is 1. The van der Waals surface area contributed by atoms with Crippen LogP contribution in [0.4, 0.5) is 11.6 Å². The zero-order valence-electron chi connectivity index (χ0n) is 14.8. The van der Waals surface area contributed by atoms with Crippen molar-refractivity contribution in [2.24, 2.45) is 7.05 Å². The fourth-order valence-corrected chi connectivity index (χ4v) is 4.04. The monoisotopic (exact) mass is 384 g/mol. The van der Waals surface area contributed by atoms with Gasteiger partial charge in [0.05, 0.1) is 4.90 Å². The highest BCUT2D eigenvalue weighted by molar-refractivity contribution is 7.90. The highest BCUT2D eigenvalue weighted by Gasteiger charge is 2.23. The van der Waals surface area contributed by atoms with Crippen LogP contribution in [0.25, 0.3) is 0 Å².